The van der Waals surface area contributed by atoms with E-state index in [4.69, 9.17) is 15.2 Å². The lowest BCUT2D eigenvalue weighted by Crippen LogP contribution is -2.62. The highest BCUT2D eigenvalue weighted by molar-refractivity contribution is 5.28. The number of nitrogens with zero attached hydrogens (tertiary/aromatic N) is 1. The first-order valence-electron chi connectivity index (χ1n) is 7.29. The fraction of sp³-hybridized carbons (Fsp3) is 0.625. The number of ether oxygens (including phenoxy) is 2. The van der Waals surface area contributed by atoms with Crippen molar-refractivity contribution in [3.63, 3.8) is 0 Å². The van der Waals surface area contributed by atoms with Gasteiger partial charge in [-0.3, -0.25) is 4.90 Å². The molecule has 1 saturated carbocycles. The molecule has 2 rings (SSSR count). The highest BCUT2D eigenvalue weighted by Crippen LogP contribution is 2.39. The molecular formula is C16H26N2O2. The summed E-state index contributed by atoms with van der Waals surface area (Å²) >= 11 is 0. The van der Waals surface area contributed by atoms with Gasteiger partial charge in [0, 0.05) is 25.2 Å². The van der Waals surface area contributed by atoms with E-state index in [1.165, 1.54) is 5.56 Å². The number of benzene rings is 1. The van der Waals surface area contributed by atoms with Crippen molar-refractivity contribution in [3.8, 4) is 5.75 Å². The number of nitrogens with two attached hydrogens (primary N) is 1. The summed E-state index contributed by atoms with van der Waals surface area (Å²) in [6, 6.07) is 8.21. The largest absolute Gasteiger partial charge is 0.497 e. The van der Waals surface area contributed by atoms with Gasteiger partial charge in [0.2, 0.25) is 0 Å². The van der Waals surface area contributed by atoms with Gasteiger partial charge >= 0.3 is 0 Å². The van der Waals surface area contributed by atoms with Crippen LogP contribution in [-0.4, -0.2) is 43.9 Å². The van der Waals surface area contributed by atoms with Crippen LogP contribution in [0.2, 0.25) is 0 Å². The molecule has 4 heteroatoms. The van der Waals surface area contributed by atoms with E-state index in [2.05, 4.69) is 24.1 Å². The van der Waals surface area contributed by atoms with Crippen LogP contribution in [0.4, 0.5) is 0 Å². The lowest BCUT2D eigenvalue weighted by atomic mass is 9.73. The monoisotopic (exact) mass is 278 g/mol. The third kappa shape index (κ3) is 3.14. The predicted octanol–water partition coefficient (Wildman–Crippen LogP) is 2.02. The van der Waals surface area contributed by atoms with Crippen LogP contribution in [0.25, 0.3) is 0 Å². The molecule has 1 aromatic carbocycles. The van der Waals surface area contributed by atoms with Gasteiger partial charge in [-0.2, -0.15) is 0 Å². The van der Waals surface area contributed by atoms with Crippen LogP contribution in [0, 0.1) is 0 Å². The van der Waals surface area contributed by atoms with Crippen molar-refractivity contribution in [1.29, 1.82) is 0 Å². The van der Waals surface area contributed by atoms with Crippen molar-refractivity contribution in [2.45, 2.75) is 38.0 Å². The Bertz CT molecular complexity index is 430. The number of hydrogen-bond acceptors (Lipinski definition) is 4. The summed E-state index contributed by atoms with van der Waals surface area (Å²) < 4.78 is 10.9. The molecule has 0 heterocycles. The Kier molecular flexibility index (Phi) is 5.02. The lowest BCUT2D eigenvalue weighted by Gasteiger charge is -2.52. The molecule has 4 nitrogen and oxygen atoms in total. The molecule has 0 atom stereocenters. The summed E-state index contributed by atoms with van der Waals surface area (Å²) in [6.07, 6.45) is 2.42. The SMILES string of the molecule is CCOC1CC(CN)(N(C)Cc2cccc(OC)c2)C1. The van der Waals surface area contributed by atoms with Gasteiger partial charge in [0.1, 0.15) is 5.75 Å². The van der Waals surface area contributed by atoms with Gasteiger partial charge in [-0.05, 0) is 44.5 Å². The Morgan fingerprint density at radius 1 is 1.40 bits per heavy atom. The predicted molar refractivity (Wildman–Crippen MR) is 80.9 cm³/mol. The second kappa shape index (κ2) is 6.57. The van der Waals surface area contributed by atoms with Gasteiger partial charge in [-0.25, -0.2) is 0 Å². The molecule has 0 bridgehead atoms. The third-order valence-electron chi connectivity index (χ3n) is 4.36. The highest BCUT2D eigenvalue weighted by Gasteiger charge is 2.46. The topological polar surface area (TPSA) is 47.7 Å². The molecule has 20 heavy (non-hydrogen) atoms. The van der Waals surface area contributed by atoms with Crippen LogP contribution >= 0.6 is 0 Å². The number of hydrogen-bond donors (Lipinski definition) is 1. The minimum atomic E-state index is 0.0862. The van der Waals surface area contributed by atoms with Gasteiger partial charge in [0.05, 0.1) is 13.2 Å². The van der Waals surface area contributed by atoms with E-state index in [-0.39, 0.29) is 5.54 Å². The summed E-state index contributed by atoms with van der Waals surface area (Å²) in [5, 5.41) is 0. The summed E-state index contributed by atoms with van der Waals surface area (Å²) in [5.74, 6) is 0.901. The molecule has 1 fully saturated rings. The Morgan fingerprint density at radius 3 is 2.75 bits per heavy atom. The van der Waals surface area contributed by atoms with E-state index < -0.39 is 0 Å². The first-order valence-corrected chi connectivity index (χ1v) is 7.29. The quantitative estimate of drug-likeness (QED) is 0.829. The average molecular weight is 278 g/mol. The zero-order valence-corrected chi connectivity index (χ0v) is 12.8. The van der Waals surface area contributed by atoms with Crippen molar-refractivity contribution in [3.05, 3.63) is 29.8 Å². The van der Waals surface area contributed by atoms with E-state index in [9.17, 15) is 0 Å². The highest BCUT2D eigenvalue weighted by atomic mass is 16.5. The van der Waals surface area contributed by atoms with Gasteiger partial charge < -0.3 is 15.2 Å². The second-order valence-corrected chi connectivity index (χ2v) is 5.62. The summed E-state index contributed by atoms with van der Waals surface area (Å²) in [4.78, 5) is 2.36. The fourth-order valence-corrected chi connectivity index (χ4v) is 2.99. The number of rotatable bonds is 7. The molecule has 0 aliphatic heterocycles. The maximum atomic E-state index is 6.02. The Labute approximate surface area is 121 Å². The van der Waals surface area contributed by atoms with Crippen LogP contribution in [0.5, 0.6) is 5.75 Å². The number of likely N-dealkylation sites (N-methyl/N-ethyl adjacent to an activating group) is 1. The van der Waals surface area contributed by atoms with Crippen molar-refractivity contribution in [1.82, 2.24) is 4.90 Å². The van der Waals surface area contributed by atoms with Crippen molar-refractivity contribution in [2.24, 2.45) is 5.73 Å². The lowest BCUT2D eigenvalue weighted by molar-refractivity contribution is -0.0948. The number of methoxy groups -OCH3 is 1. The third-order valence-corrected chi connectivity index (χ3v) is 4.36. The molecule has 1 aliphatic rings. The summed E-state index contributed by atoms with van der Waals surface area (Å²) in [7, 11) is 3.84. The summed E-state index contributed by atoms with van der Waals surface area (Å²) in [6.45, 7) is 4.39. The van der Waals surface area contributed by atoms with Crippen LogP contribution in [0.3, 0.4) is 0 Å². The molecule has 0 amide bonds. The van der Waals surface area contributed by atoms with E-state index in [1.54, 1.807) is 7.11 Å². The molecule has 0 unspecified atom stereocenters. The van der Waals surface area contributed by atoms with Gasteiger partial charge in [0.25, 0.3) is 0 Å². The van der Waals surface area contributed by atoms with Crippen LogP contribution in [0.1, 0.15) is 25.3 Å². The van der Waals surface area contributed by atoms with Crippen molar-refractivity contribution < 1.29 is 9.47 Å². The molecule has 0 radical (unpaired) electrons. The molecule has 1 aromatic rings. The normalized spacial score (nSPS) is 25.6. The molecule has 0 aromatic heterocycles. The Balaban J connectivity index is 1.98. The first-order chi connectivity index (χ1) is 9.63. The standard InChI is InChI=1S/C16H26N2O2/c1-4-20-15-9-16(10-15,12-17)18(2)11-13-6-5-7-14(8-13)19-3/h5-8,15H,4,9-12,17H2,1-3H3. The minimum absolute atomic E-state index is 0.0862. The van der Waals surface area contributed by atoms with E-state index in [0.29, 0.717) is 12.6 Å². The van der Waals surface area contributed by atoms with Crippen molar-refractivity contribution in [2.75, 3.05) is 27.3 Å². The molecule has 0 spiro atoms. The zero-order valence-electron chi connectivity index (χ0n) is 12.8. The molecular weight excluding hydrogens is 252 g/mol. The molecule has 112 valence electrons. The Morgan fingerprint density at radius 2 is 2.15 bits per heavy atom. The van der Waals surface area contributed by atoms with Crippen LogP contribution < -0.4 is 10.5 Å². The molecule has 1 aliphatic carbocycles. The van der Waals surface area contributed by atoms with E-state index >= 15 is 0 Å². The van der Waals surface area contributed by atoms with Crippen molar-refractivity contribution >= 4 is 0 Å². The maximum Gasteiger partial charge on any atom is 0.119 e. The van der Waals surface area contributed by atoms with Crippen LogP contribution in [0.15, 0.2) is 24.3 Å². The molecule has 0 saturated heterocycles. The first kappa shape index (κ1) is 15.3. The van der Waals surface area contributed by atoms with Crippen LogP contribution in [-0.2, 0) is 11.3 Å². The minimum Gasteiger partial charge on any atom is -0.497 e. The van der Waals surface area contributed by atoms with Gasteiger partial charge in [-0.1, -0.05) is 12.1 Å². The molecule has 2 N–H and O–H groups in total. The van der Waals surface area contributed by atoms with E-state index in [0.717, 1.165) is 31.7 Å². The van der Waals surface area contributed by atoms with Gasteiger partial charge in [-0.15, -0.1) is 0 Å². The zero-order chi connectivity index (χ0) is 14.6. The fourth-order valence-electron chi connectivity index (χ4n) is 2.99. The Hall–Kier alpha value is -1.10. The van der Waals surface area contributed by atoms with E-state index in [1.807, 2.05) is 19.1 Å². The second-order valence-electron chi connectivity index (χ2n) is 5.62. The van der Waals surface area contributed by atoms with Gasteiger partial charge in [0.15, 0.2) is 0 Å². The smallest absolute Gasteiger partial charge is 0.119 e. The maximum absolute atomic E-state index is 6.02. The summed E-state index contributed by atoms with van der Waals surface area (Å²) in [5.41, 5.74) is 7.35. The average Bonchev–Trinajstić information content (AvgIpc) is 2.42.